The summed E-state index contributed by atoms with van der Waals surface area (Å²) in [5.41, 5.74) is 0.549. The summed E-state index contributed by atoms with van der Waals surface area (Å²) in [5, 5.41) is 9.10. The first-order valence-electron chi connectivity index (χ1n) is 5.87. The third-order valence-corrected chi connectivity index (χ3v) is 4.56. The highest BCUT2D eigenvalue weighted by Gasteiger charge is 2.37. The fraction of sp³-hybridized carbons (Fsp3) is 0.385. The molecule has 1 amide bonds. The predicted molar refractivity (Wildman–Crippen MR) is 78.0 cm³/mol. The average molecular weight is 391 g/mol. The number of aliphatic carboxylic acids is 1. The number of hydrogen-bond acceptors (Lipinski definition) is 2. The molecule has 19 heavy (non-hydrogen) atoms. The molecule has 1 saturated heterocycles. The standard InChI is InChI=1S/C13H13Br2NO3/c1-7-5-16(6-10(7)13(18)19)12(17)9-4-8(14)2-3-11(9)15/h2-4,7,10H,5-6H2,1H3,(H,18,19)/t7-,10-/m1/s1. The summed E-state index contributed by atoms with van der Waals surface area (Å²) >= 11 is 6.69. The van der Waals surface area contributed by atoms with Gasteiger partial charge in [0.05, 0.1) is 11.5 Å². The van der Waals surface area contributed by atoms with E-state index in [4.69, 9.17) is 5.11 Å². The number of nitrogens with zero attached hydrogens (tertiary/aromatic N) is 1. The molecule has 1 N–H and O–H groups in total. The maximum atomic E-state index is 12.4. The number of hydrogen-bond donors (Lipinski definition) is 1. The molecule has 6 heteroatoms. The number of carboxylic acids is 1. The number of benzene rings is 1. The summed E-state index contributed by atoms with van der Waals surface area (Å²) in [4.78, 5) is 25.1. The molecular formula is C13H13Br2NO3. The van der Waals surface area contributed by atoms with Gasteiger partial charge < -0.3 is 10.0 Å². The summed E-state index contributed by atoms with van der Waals surface area (Å²) in [6.45, 7) is 2.62. The van der Waals surface area contributed by atoms with Crippen LogP contribution in [0.1, 0.15) is 17.3 Å². The monoisotopic (exact) mass is 389 g/mol. The fourth-order valence-electron chi connectivity index (χ4n) is 2.29. The predicted octanol–water partition coefficient (Wildman–Crippen LogP) is 3.00. The Morgan fingerprint density at radius 2 is 2.00 bits per heavy atom. The van der Waals surface area contributed by atoms with Crippen molar-refractivity contribution in [2.45, 2.75) is 6.92 Å². The Balaban J connectivity index is 2.22. The van der Waals surface area contributed by atoms with Crippen molar-refractivity contribution in [3.8, 4) is 0 Å². The number of carbonyl (C=O) groups excluding carboxylic acids is 1. The van der Waals surface area contributed by atoms with Crippen molar-refractivity contribution in [2.75, 3.05) is 13.1 Å². The molecular weight excluding hydrogens is 378 g/mol. The number of amides is 1. The zero-order chi connectivity index (χ0) is 14.2. The molecule has 102 valence electrons. The Morgan fingerprint density at radius 1 is 1.32 bits per heavy atom. The minimum atomic E-state index is -0.837. The van der Waals surface area contributed by atoms with Crippen LogP contribution in [0.25, 0.3) is 0 Å². The van der Waals surface area contributed by atoms with Crippen LogP contribution >= 0.6 is 31.9 Å². The lowest BCUT2D eigenvalue weighted by Crippen LogP contribution is -2.30. The molecule has 0 spiro atoms. The molecule has 1 aromatic rings. The van der Waals surface area contributed by atoms with Gasteiger partial charge in [0.25, 0.3) is 5.91 Å². The molecule has 1 aromatic carbocycles. The van der Waals surface area contributed by atoms with E-state index in [0.717, 1.165) is 4.47 Å². The van der Waals surface area contributed by atoms with E-state index in [2.05, 4.69) is 31.9 Å². The maximum Gasteiger partial charge on any atom is 0.308 e. The van der Waals surface area contributed by atoms with E-state index in [-0.39, 0.29) is 18.4 Å². The second-order valence-corrected chi connectivity index (χ2v) is 6.53. The van der Waals surface area contributed by atoms with Gasteiger partial charge >= 0.3 is 5.97 Å². The van der Waals surface area contributed by atoms with Crippen LogP contribution in [-0.2, 0) is 4.79 Å². The zero-order valence-corrected chi connectivity index (χ0v) is 13.4. The van der Waals surface area contributed by atoms with Crippen LogP contribution in [0.3, 0.4) is 0 Å². The Labute approximate surface area is 128 Å². The molecule has 0 radical (unpaired) electrons. The van der Waals surface area contributed by atoms with E-state index in [9.17, 15) is 9.59 Å². The second kappa shape index (κ2) is 5.63. The van der Waals surface area contributed by atoms with Gasteiger partial charge in [-0.05, 0) is 40.0 Å². The average Bonchev–Trinajstić information content (AvgIpc) is 2.74. The van der Waals surface area contributed by atoms with E-state index in [0.29, 0.717) is 16.6 Å². The van der Waals surface area contributed by atoms with E-state index < -0.39 is 11.9 Å². The number of halogens is 2. The van der Waals surface area contributed by atoms with E-state index in [1.165, 1.54) is 0 Å². The van der Waals surface area contributed by atoms with Gasteiger partial charge in [-0.25, -0.2) is 0 Å². The van der Waals surface area contributed by atoms with Crippen molar-refractivity contribution in [2.24, 2.45) is 11.8 Å². The molecule has 1 heterocycles. The lowest BCUT2D eigenvalue weighted by molar-refractivity contribution is -0.142. The third kappa shape index (κ3) is 3.00. The molecule has 0 saturated carbocycles. The summed E-state index contributed by atoms with van der Waals surface area (Å²) in [7, 11) is 0. The number of carbonyl (C=O) groups is 2. The SMILES string of the molecule is C[C@@H]1CN(C(=O)c2cc(Br)ccc2Br)C[C@H]1C(=O)O. The fourth-order valence-corrected chi connectivity index (χ4v) is 3.06. The summed E-state index contributed by atoms with van der Waals surface area (Å²) in [6.07, 6.45) is 0. The Bertz CT molecular complexity index is 533. The largest absolute Gasteiger partial charge is 0.481 e. The molecule has 0 aromatic heterocycles. The second-order valence-electron chi connectivity index (χ2n) is 4.76. The normalized spacial score (nSPS) is 22.6. The first-order valence-corrected chi connectivity index (χ1v) is 7.46. The molecule has 0 bridgehead atoms. The quantitative estimate of drug-likeness (QED) is 0.844. The van der Waals surface area contributed by atoms with Crippen LogP contribution in [-0.4, -0.2) is 35.0 Å². The molecule has 2 atom stereocenters. The number of rotatable bonds is 2. The van der Waals surface area contributed by atoms with Gasteiger partial charge in [-0.2, -0.15) is 0 Å². The van der Waals surface area contributed by atoms with Crippen molar-refractivity contribution in [1.82, 2.24) is 4.90 Å². The zero-order valence-electron chi connectivity index (χ0n) is 10.3. The van der Waals surface area contributed by atoms with Crippen LogP contribution in [0.2, 0.25) is 0 Å². The van der Waals surface area contributed by atoms with E-state index in [1.807, 2.05) is 13.0 Å². The van der Waals surface area contributed by atoms with Gasteiger partial charge in [-0.15, -0.1) is 0 Å². The molecule has 4 nitrogen and oxygen atoms in total. The van der Waals surface area contributed by atoms with Gasteiger partial charge in [0.15, 0.2) is 0 Å². The minimum absolute atomic E-state index is 0.0209. The Kier molecular flexibility index (Phi) is 4.30. The molecule has 0 aliphatic carbocycles. The van der Waals surface area contributed by atoms with Crippen LogP contribution in [0, 0.1) is 11.8 Å². The smallest absolute Gasteiger partial charge is 0.308 e. The van der Waals surface area contributed by atoms with Gasteiger partial charge in [-0.1, -0.05) is 22.9 Å². The highest BCUT2D eigenvalue weighted by atomic mass is 79.9. The summed E-state index contributed by atoms with van der Waals surface area (Å²) in [6, 6.07) is 5.38. The van der Waals surface area contributed by atoms with Crippen molar-refractivity contribution >= 4 is 43.7 Å². The van der Waals surface area contributed by atoms with E-state index in [1.54, 1.807) is 17.0 Å². The maximum absolute atomic E-state index is 12.4. The first-order chi connectivity index (χ1) is 8.90. The topological polar surface area (TPSA) is 57.6 Å². The lowest BCUT2D eigenvalue weighted by atomic mass is 9.99. The third-order valence-electron chi connectivity index (χ3n) is 3.38. The van der Waals surface area contributed by atoms with Crippen molar-refractivity contribution in [1.29, 1.82) is 0 Å². The van der Waals surface area contributed by atoms with E-state index >= 15 is 0 Å². The molecule has 1 fully saturated rings. The highest BCUT2D eigenvalue weighted by molar-refractivity contribution is 9.11. The van der Waals surface area contributed by atoms with Crippen molar-refractivity contribution in [3.63, 3.8) is 0 Å². The molecule has 2 rings (SSSR count). The van der Waals surface area contributed by atoms with Crippen LogP contribution < -0.4 is 0 Å². The van der Waals surface area contributed by atoms with Crippen molar-refractivity contribution < 1.29 is 14.7 Å². The van der Waals surface area contributed by atoms with Crippen molar-refractivity contribution in [3.05, 3.63) is 32.7 Å². The van der Waals surface area contributed by atoms with Gasteiger partial charge in [0.1, 0.15) is 0 Å². The Morgan fingerprint density at radius 3 is 2.58 bits per heavy atom. The molecule has 0 unspecified atom stereocenters. The highest BCUT2D eigenvalue weighted by Crippen LogP contribution is 2.28. The molecule has 1 aliphatic rings. The van der Waals surface area contributed by atoms with Crippen LogP contribution in [0.15, 0.2) is 27.1 Å². The van der Waals surface area contributed by atoms with Gasteiger partial charge in [-0.3, -0.25) is 9.59 Å². The number of likely N-dealkylation sites (tertiary alicyclic amines) is 1. The summed E-state index contributed by atoms with van der Waals surface area (Å²) < 4.78 is 1.54. The Hall–Kier alpha value is -0.880. The number of carboxylic acid groups (broad SMARTS) is 1. The minimum Gasteiger partial charge on any atom is -0.481 e. The molecule has 1 aliphatic heterocycles. The van der Waals surface area contributed by atoms with Crippen LogP contribution in [0.4, 0.5) is 0 Å². The van der Waals surface area contributed by atoms with Gasteiger partial charge in [0, 0.05) is 22.0 Å². The van der Waals surface area contributed by atoms with Gasteiger partial charge in [0.2, 0.25) is 0 Å². The lowest BCUT2D eigenvalue weighted by Gasteiger charge is -2.17. The first kappa shape index (κ1) is 14.5. The summed E-state index contributed by atoms with van der Waals surface area (Å²) in [5.74, 6) is -1.47. The van der Waals surface area contributed by atoms with Crippen LogP contribution in [0.5, 0.6) is 0 Å².